The number of nitrogens with one attached hydrogen (secondary N) is 1. The molecule has 0 fully saturated rings. The minimum atomic E-state index is -0.131. The molecule has 1 heterocycles. The summed E-state index contributed by atoms with van der Waals surface area (Å²) >= 11 is 3.31. The summed E-state index contributed by atoms with van der Waals surface area (Å²) in [6.07, 6.45) is 0. The molecule has 4 heteroatoms. The lowest BCUT2D eigenvalue weighted by atomic mass is 10.3. The number of thioether (sulfide) groups is 1. The third kappa shape index (κ3) is 3.83. The molecule has 2 aromatic rings. The van der Waals surface area contributed by atoms with Gasteiger partial charge in [0.15, 0.2) is 0 Å². The minimum Gasteiger partial charge on any atom is -0.309 e. The second-order valence-electron chi connectivity index (χ2n) is 3.97. The average molecular weight is 281 g/mol. The molecule has 1 aromatic carbocycles. The Bertz CT molecular complexity index is 470. The van der Waals surface area contributed by atoms with Crippen LogP contribution in [0.5, 0.6) is 0 Å². The van der Waals surface area contributed by atoms with Gasteiger partial charge in [-0.15, -0.1) is 23.1 Å². The molecule has 0 amide bonds. The first-order chi connectivity index (χ1) is 8.77. The van der Waals surface area contributed by atoms with E-state index >= 15 is 0 Å². The van der Waals surface area contributed by atoms with Crippen molar-refractivity contribution < 1.29 is 4.39 Å². The van der Waals surface area contributed by atoms with Crippen LogP contribution in [0.1, 0.15) is 17.8 Å². The van der Waals surface area contributed by atoms with Gasteiger partial charge in [-0.1, -0.05) is 18.2 Å². The first kappa shape index (κ1) is 13.6. The summed E-state index contributed by atoms with van der Waals surface area (Å²) in [5, 5.41) is 5.53. The van der Waals surface area contributed by atoms with Crippen LogP contribution in [0.15, 0.2) is 46.7 Å². The first-order valence-electron chi connectivity index (χ1n) is 5.91. The molecule has 0 aliphatic rings. The van der Waals surface area contributed by atoms with E-state index in [2.05, 4.69) is 29.8 Å². The molecule has 0 radical (unpaired) electrons. The molecule has 0 bridgehead atoms. The highest BCUT2D eigenvalue weighted by Gasteiger charge is 2.05. The van der Waals surface area contributed by atoms with Crippen LogP contribution in [0.3, 0.4) is 0 Å². The van der Waals surface area contributed by atoms with E-state index in [9.17, 15) is 4.39 Å². The number of benzene rings is 1. The summed E-state index contributed by atoms with van der Waals surface area (Å²) in [5.74, 6) is 0.741. The monoisotopic (exact) mass is 281 g/mol. The third-order valence-corrected chi connectivity index (χ3v) is 4.72. The van der Waals surface area contributed by atoms with Gasteiger partial charge < -0.3 is 5.32 Å². The smallest absolute Gasteiger partial charge is 0.136 e. The molecule has 18 heavy (non-hydrogen) atoms. The van der Waals surface area contributed by atoms with E-state index in [0.29, 0.717) is 6.04 Å². The fourth-order valence-electron chi connectivity index (χ4n) is 1.64. The number of hydrogen-bond donors (Lipinski definition) is 1. The minimum absolute atomic E-state index is 0.131. The SMILES string of the molecule is CC(NCCSc1ccccc1F)c1cccs1. The van der Waals surface area contributed by atoms with E-state index in [-0.39, 0.29) is 5.82 Å². The second kappa shape index (κ2) is 6.92. The average Bonchev–Trinajstić information content (AvgIpc) is 2.90. The Hall–Kier alpha value is -0.840. The largest absolute Gasteiger partial charge is 0.309 e. The maximum atomic E-state index is 13.4. The molecule has 0 saturated heterocycles. The maximum Gasteiger partial charge on any atom is 0.136 e. The van der Waals surface area contributed by atoms with Gasteiger partial charge in [0.1, 0.15) is 5.82 Å². The highest BCUT2D eigenvalue weighted by molar-refractivity contribution is 7.99. The zero-order chi connectivity index (χ0) is 12.8. The number of halogens is 1. The molecular formula is C14H16FNS2. The predicted molar refractivity (Wildman–Crippen MR) is 77.9 cm³/mol. The van der Waals surface area contributed by atoms with Crippen LogP contribution in [0.25, 0.3) is 0 Å². The van der Waals surface area contributed by atoms with Gasteiger partial charge in [-0.25, -0.2) is 4.39 Å². The number of hydrogen-bond acceptors (Lipinski definition) is 3. The highest BCUT2D eigenvalue weighted by Crippen LogP contribution is 2.21. The van der Waals surface area contributed by atoms with Crippen molar-refractivity contribution >= 4 is 23.1 Å². The maximum absolute atomic E-state index is 13.4. The van der Waals surface area contributed by atoms with Crippen molar-refractivity contribution in [3.05, 3.63) is 52.5 Å². The van der Waals surface area contributed by atoms with Crippen molar-refractivity contribution in [3.63, 3.8) is 0 Å². The van der Waals surface area contributed by atoms with Gasteiger partial charge in [0.25, 0.3) is 0 Å². The van der Waals surface area contributed by atoms with E-state index in [1.165, 1.54) is 10.9 Å². The fourth-order valence-corrected chi connectivity index (χ4v) is 3.22. The van der Waals surface area contributed by atoms with E-state index in [1.807, 2.05) is 12.1 Å². The molecule has 1 nitrogen and oxygen atoms in total. The van der Waals surface area contributed by atoms with Crippen molar-refractivity contribution in [3.8, 4) is 0 Å². The normalized spacial score (nSPS) is 12.6. The van der Waals surface area contributed by atoms with Gasteiger partial charge in [-0.05, 0) is 30.5 Å². The summed E-state index contributed by atoms with van der Waals surface area (Å²) < 4.78 is 13.4. The molecule has 1 aromatic heterocycles. The Morgan fingerprint density at radius 2 is 2.11 bits per heavy atom. The highest BCUT2D eigenvalue weighted by atomic mass is 32.2. The molecule has 1 atom stereocenters. The summed E-state index contributed by atoms with van der Waals surface area (Å²) in [6, 6.07) is 11.5. The van der Waals surface area contributed by atoms with Gasteiger partial charge in [0.2, 0.25) is 0 Å². The molecule has 0 spiro atoms. The van der Waals surface area contributed by atoms with E-state index < -0.39 is 0 Å². The topological polar surface area (TPSA) is 12.0 Å². The molecule has 0 saturated carbocycles. The zero-order valence-electron chi connectivity index (χ0n) is 10.2. The van der Waals surface area contributed by atoms with Gasteiger partial charge in [0, 0.05) is 28.1 Å². The standard InChI is InChI=1S/C14H16FNS2/c1-11(13-7-4-9-17-13)16-8-10-18-14-6-3-2-5-12(14)15/h2-7,9,11,16H,8,10H2,1H3. The van der Waals surface area contributed by atoms with E-state index in [0.717, 1.165) is 17.2 Å². The Labute approximate surface area is 115 Å². The quantitative estimate of drug-likeness (QED) is 0.625. The van der Waals surface area contributed by atoms with Crippen molar-refractivity contribution in [2.75, 3.05) is 12.3 Å². The summed E-state index contributed by atoms with van der Waals surface area (Å²) in [4.78, 5) is 2.06. The van der Waals surface area contributed by atoms with Crippen LogP contribution in [0.4, 0.5) is 4.39 Å². The predicted octanol–water partition coefficient (Wildman–Crippen LogP) is 4.33. The number of rotatable bonds is 6. The molecule has 96 valence electrons. The molecule has 2 rings (SSSR count). The summed E-state index contributed by atoms with van der Waals surface area (Å²) in [5.41, 5.74) is 0. The van der Waals surface area contributed by atoms with Crippen LogP contribution in [-0.4, -0.2) is 12.3 Å². The lowest BCUT2D eigenvalue weighted by Gasteiger charge is -2.11. The zero-order valence-corrected chi connectivity index (χ0v) is 11.9. The molecule has 0 aliphatic carbocycles. The van der Waals surface area contributed by atoms with E-state index in [1.54, 1.807) is 29.2 Å². The Kier molecular flexibility index (Phi) is 5.23. The molecule has 1 N–H and O–H groups in total. The third-order valence-electron chi connectivity index (χ3n) is 2.62. The second-order valence-corrected chi connectivity index (χ2v) is 6.09. The summed E-state index contributed by atoms with van der Waals surface area (Å²) in [6.45, 7) is 3.03. The van der Waals surface area contributed by atoms with Crippen molar-refractivity contribution in [1.29, 1.82) is 0 Å². The lowest BCUT2D eigenvalue weighted by molar-refractivity contribution is 0.599. The summed E-state index contributed by atoms with van der Waals surface area (Å²) in [7, 11) is 0. The van der Waals surface area contributed by atoms with Crippen LogP contribution < -0.4 is 5.32 Å². The number of thiophene rings is 1. The van der Waals surface area contributed by atoms with Crippen LogP contribution in [0.2, 0.25) is 0 Å². The van der Waals surface area contributed by atoms with Crippen molar-refractivity contribution in [2.24, 2.45) is 0 Å². The fraction of sp³-hybridized carbons (Fsp3) is 0.286. The van der Waals surface area contributed by atoms with Gasteiger partial charge >= 0.3 is 0 Å². The van der Waals surface area contributed by atoms with Crippen LogP contribution >= 0.6 is 23.1 Å². The molecule has 1 unspecified atom stereocenters. The Balaban J connectivity index is 1.72. The lowest BCUT2D eigenvalue weighted by Crippen LogP contribution is -2.20. The Morgan fingerprint density at radius 1 is 1.28 bits per heavy atom. The van der Waals surface area contributed by atoms with E-state index in [4.69, 9.17) is 0 Å². The van der Waals surface area contributed by atoms with Crippen molar-refractivity contribution in [1.82, 2.24) is 5.32 Å². The van der Waals surface area contributed by atoms with Crippen LogP contribution in [-0.2, 0) is 0 Å². The van der Waals surface area contributed by atoms with Crippen LogP contribution in [0, 0.1) is 5.82 Å². The Morgan fingerprint density at radius 3 is 2.83 bits per heavy atom. The molecular weight excluding hydrogens is 265 g/mol. The molecule has 0 aliphatic heterocycles. The first-order valence-corrected chi connectivity index (χ1v) is 7.78. The van der Waals surface area contributed by atoms with Gasteiger partial charge in [0.05, 0.1) is 0 Å². The van der Waals surface area contributed by atoms with Crippen molar-refractivity contribution in [2.45, 2.75) is 17.9 Å². The van der Waals surface area contributed by atoms with Gasteiger partial charge in [-0.2, -0.15) is 0 Å². The van der Waals surface area contributed by atoms with Gasteiger partial charge in [-0.3, -0.25) is 0 Å².